The van der Waals surface area contributed by atoms with Gasteiger partial charge in [-0.25, -0.2) is 14.3 Å². The number of aryl methyl sites for hydroxylation is 1. The monoisotopic (exact) mass is 649 g/mol. The molecule has 14 nitrogen and oxygen atoms in total. The summed E-state index contributed by atoms with van der Waals surface area (Å²) in [6.07, 6.45) is 10.5. The molecular weight excluding hydrogens is 616 g/mol. The highest BCUT2D eigenvalue weighted by molar-refractivity contribution is 6.09. The topological polar surface area (TPSA) is 143 Å². The summed E-state index contributed by atoms with van der Waals surface area (Å²) >= 11 is 0. The summed E-state index contributed by atoms with van der Waals surface area (Å²) in [5.41, 5.74) is 0.591. The lowest BCUT2D eigenvalue weighted by molar-refractivity contribution is -0.0495. The van der Waals surface area contributed by atoms with E-state index < -0.39 is 18.1 Å². The Bertz CT molecular complexity index is 1900. The maximum absolute atomic E-state index is 13.4. The van der Waals surface area contributed by atoms with Crippen molar-refractivity contribution in [2.75, 3.05) is 18.4 Å². The molecule has 0 spiro atoms. The molecule has 0 aliphatic carbocycles. The molecule has 5 aromatic rings. The molecule has 0 atom stereocenters. The number of hydrogen-bond donors (Lipinski definition) is 1. The fourth-order valence-corrected chi connectivity index (χ4v) is 5.26. The van der Waals surface area contributed by atoms with Gasteiger partial charge < -0.3 is 24.4 Å². The van der Waals surface area contributed by atoms with Gasteiger partial charge in [0.15, 0.2) is 11.4 Å². The van der Waals surface area contributed by atoms with E-state index in [-0.39, 0.29) is 40.4 Å². The predicted molar refractivity (Wildman–Crippen MR) is 165 cm³/mol. The van der Waals surface area contributed by atoms with E-state index in [1.165, 1.54) is 33.6 Å². The molecule has 6 rings (SSSR count). The van der Waals surface area contributed by atoms with Crippen LogP contribution in [-0.4, -0.2) is 76.4 Å². The van der Waals surface area contributed by atoms with Gasteiger partial charge in [0.05, 0.1) is 35.9 Å². The van der Waals surface area contributed by atoms with E-state index in [1.807, 2.05) is 20.8 Å². The molecule has 1 fully saturated rings. The van der Waals surface area contributed by atoms with E-state index >= 15 is 0 Å². The van der Waals surface area contributed by atoms with Crippen LogP contribution in [0, 0.1) is 0 Å². The smallest absolute Gasteiger partial charge is 0.410 e. The van der Waals surface area contributed by atoms with Gasteiger partial charge in [0.25, 0.3) is 5.91 Å². The second kappa shape index (κ2) is 12.7. The molecule has 246 valence electrons. The van der Waals surface area contributed by atoms with Crippen molar-refractivity contribution in [3.8, 4) is 28.5 Å². The van der Waals surface area contributed by atoms with Gasteiger partial charge in [0.1, 0.15) is 28.4 Å². The van der Waals surface area contributed by atoms with Crippen molar-refractivity contribution >= 4 is 23.3 Å². The Morgan fingerprint density at radius 2 is 1.85 bits per heavy atom. The Hall–Kier alpha value is -5.54. The Balaban J connectivity index is 1.20. The number of piperidine rings is 1. The number of carbonyl (C=O) groups excluding carboxylic acids is 2. The lowest BCUT2D eigenvalue weighted by Gasteiger charge is -2.33. The van der Waals surface area contributed by atoms with Gasteiger partial charge in [0, 0.05) is 38.7 Å². The molecule has 5 heterocycles. The number of rotatable bonds is 8. The van der Waals surface area contributed by atoms with E-state index in [0.717, 1.165) is 0 Å². The third kappa shape index (κ3) is 7.15. The Morgan fingerprint density at radius 1 is 1.06 bits per heavy atom. The molecule has 0 bridgehead atoms. The minimum atomic E-state index is -3.10. The standard InChI is InChI=1S/C31H33F2N9O5/c1-31(2,3)47-30(44)40-12-8-19(9-13-40)42-17-21(15-35-42)45-20-6-7-25(46-29(32)33)22(14-20)26-24(18-39(4)38-26)37-28(43)23-16-36-41-11-5-10-34-27(23)41/h5-7,10-11,14-19,29H,8-9,12-13H2,1-4H3,(H,37,43). The summed E-state index contributed by atoms with van der Waals surface area (Å²) in [7, 11) is 1.64. The van der Waals surface area contributed by atoms with Crippen molar-refractivity contribution in [3.05, 3.63) is 67.0 Å². The first-order valence-electron chi connectivity index (χ1n) is 14.9. The van der Waals surface area contributed by atoms with Crippen LogP contribution in [0.4, 0.5) is 19.3 Å². The average molecular weight is 650 g/mol. The molecule has 1 aliphatic heterocycles. The number of anilines is 1. The van der Waals surface area contributed by atoms with Crippen molar-refractivity contribution in [1.82, 2.24) is 39.1 Å². The number of fused-ring (bicyclic) bond motifs is 1. The summed E-state index contributed by atoms with van der Waals surface area (Å²) < 4.78 is 47.9. The number of amides is 2. The Labute approximate surface area is 267 Å². The van der Waals surface area contributed by atoms with E-state index in [4.69, 9.17) is 14.2 Å². The van der Waals surface area contributed by atoms with E-state index in [0.29, 0.717) is 43.1 Å². The highest BCUT2D eigenvalue weighted by atomic mass is 19.3. The molecule has 2 amide bonds. The van der Waals surface area contributed by atoms with Gasteiger partial charge in [0.2, 0.25) is 0 Å². The maximum Gasteiger partial charge on any atom is 0.410 e. The van der Waals surface area contributed by atoms with Gasteiger partial charge in [-0.05, 0) is 57.9 Å². The molecule has 1 aliphatic rings. The van der Waals surface area contributed by atoms with Crippen LogP contribution in [0.25, 0.3) is 16.9 Å². The van der Waals surface area contributed by atoms with Crippen LogP contribution in [-0.2, 0) is 11.8 Å². The van der Waals surface area contributed by atoms with Gasteiger partial charge in [-0.3, -0.25) is 14.2 Å². The summed E-state index contributed by atoms with van der Waals surface area (Å²) in [6.45, 7) is 3.46. The van der Waals surface area contributed by atoms with Crippen LogP contribution in [0.2, 0.25) is 0 Å². The molecule has 0 unspecified atom stereocenters. The second-order valence-electron chi connectivity index (χ2n) is 12.0. The fraction of sp³-hybridized carbons (Fsp3) is 0.355. The predicted octanol–water partition coefficient (Wildman–Crippen LogP) is 5.54. The van der Waals surface area contributed by atoms with Crippen LogP contribution in [0.1, 0.15) is 50.0 Å². The van der Waals surface area contributed by atoms with Crippen molar-refractivity contribution in [3.63, 3.8) is 0 Å². The van der Waals surface area contributed by atoms with E-state index in [1.54, 1.807) is 53.7 Å². The van der Waals surface area contributed by atoms with Crippen LogP contribution in [0.3, 0.4) is 0 Å². The first-order chi connectivity index (χ1) is 22.4. The molecule has 1 N–H and O–H groups in total. The highest BCUT2D eigenvalue weighted by Gasteiger charge is 2.28. The summed E-state index contributed by atoms with van der Waals surface area (Å²) in [6, 6.07) is 6.07. The first-order valence-corrected chi connectivity index (χ1v) is 14.9. The summed E-state index contributed by atoms with van der Waals surface area (Å²) in [4.78, 5) is 31.6. The Morgan fingerprint density at radius 3 is 2.60 bits per heavy atom. The number of ether oxygens (including phenoxy) is 3. The van der Waals surface area contributed by atoms with Gasteiger partial charge in [-0.2, -0.15) is 24.1 Å². The zero-order valence-electron chi connectivity index (χ0n) is 26.1. The number of aromatic nitrogens is 7. The average Bonchev–Trinajstić information content (AvgIpc) is 3.75. The van der Waals surface area contributed by atoms with Gasteiger partial charge in [-0.1, -0.05) is 0 Å². The Kier molecular flexibility index (Phi) is 8.49. The van der Waals surface area contributed by atoms with Crippen LogP contribution in [0.15, 0.2) is 61.4 Å². The van der Waals surface area contributed by atoms with Crippen LogP contribution in [0.5, 0.6) is 17.2 Å². The summed E-state index contributed by atoms with van der Waals surface area (Å²) in [5.74, 6) is 0.0477. The number of carbonyl (C=O) groups is 2. The SMILES string of the molecule is Cn1cc(NC(=O)c2cnn3cccnc23)c(-c2cc(Oc3cnn(C4CCN(C(=O)OC(C)(C)C)CC4)c3)ccc2OC(F)F)n1. The van der Waals surface area contributed by atoms with Crippen molar-refractivity contribution < 1.29 is 32.6 Å². The van der Waals surface area contributed by atoms with Gasteiger partial charge >= 0.3 is 12.7 Å². The van der Waals surface area contributed by atoms with Gasteiger partial charge in [-0.15, -0.1) is 0 Å². The van der Waals surface area contributed by atoms with Crippen molar-refractivity contribution in [2.45, 2.75) is 51.9 Å². The van der Waals surface area contributed by atoms with E-state index in [9.17, 15) is 18.4 Å². The third-order valence-corrected chi connectivity index (χ3v) is 7.33. The molecule has 1 saturated heterocycles. The minimum Gasteiger partial charge on any atom is -0.454 e. The number of hydrogen-bond acceptors (Lipinski definition) is 9. The second-order valence-corrected chi connectivity index (χ2v) is 12.0. The van der Waals surface area contributed by atoms with Crippen LogP contribution < -0.4 is 14.8 Å². The normalized spacial score (nSPS) is 14.1. The molecule has 47 heavy (non-hydrogen) atoms. The zero-order valence-corrected chi connectivity index (χ0v) is 26.1. The molecular formula is C31H33F2N9O5. The summed E-state index contributed by atoms with van der Waals surface area (Å²) in [5, 5.41) is 15.8. The zero-order chi connectivity index (χ0) is 33.3. The fourth-order valence-electron chi connectivity index (χ4n) is 5.26. The third-order valence-electron chi connectivity index (χ3n) is 7.33. The molecule has 0 saturated carbocycles. The number of halogens is 2. The molecule has 0 radical (unpaired) electrons. The largest absolute Gasteiger partial charge is 0.454 e. The lowest BCUT2D eigenvalue weighted by Crippen LogP contribution is -2.42. The minimum absolute atomic E-state index is 0.0476. The molecule has 1 aromatic carbocycles. The molecule has 16 heteroatoms. The lowest BCUT2D eigenvalue weighted by atomic mass is 10.1. The number of likely N-dealkylation sites (tertiary alicyclic amines) is 1. The number of nitrogens with zero attached hydrogens (tertiary/aromatic N) is 8. The van der Waals surface area contributed by atoms with Crippen LogP contribution >= 0.6 is 0 Å². The number of nitrogens with one attached hydrogen (secondary N) is 1. The van der Waals surface area contributed by atoms with Crippen molar-refractivity contribution in [2.24, 2.45) is 7.05 Å². The first kappa shape index (κ1) is 31.4. The maximum atomic E-state index is 13.4. The van der Waals surface area contributed by atoms with E-state index in [2.05, 4.69) is 25.6 Å². The molecule has 4 aromatic heterocycles. The number of alkyl halides is 2. The quantitative estimate of drug-likeness (QED) is 0.229. The highest BCUT2D eigenvalue weighted by Crippen LogP contribution is 2.39. The number of benzene rings is 1. The van der Waals surface area contributed by atoms with Crippen molar-refractivity contribution in [1.29, 1.82) is 0 Å².